The molecule has 1 fully saturated rings. The third-order valence-electron chi connectivity index (χ3n) is 6.59. The van der Waals surface area contributed by atoms with Crippen molar-refractivity contribution < 1.29 is 13.9 Å². The van der Waals surface area contributed by atoms with Gasteiger partial charge in [0.05, 0.1) is 24.5 Å². The first-order chi connectivity index (χ1) is 18.5. The topological polar surface area (TPSA) is 84.3 Å². The third-order valence-corrected chi connectivity index (χ3v) is 6.94. The van der Waals surface area contributed by atoms with Crippen LogP contribution in [0, 0.1) is 5.82 Å². The van der Waals surface area contributed by atoms with Gasteiger partial charge in [-0.15, -0.1) is 0 Å². The maximum atomic E-state index is 14.0. The summed E-state index contributed by atoms with van der Waals surface area (Å²) in [6, 6.07) is 19.8. The molecule has 2 N–H and O–H groups in total. The lowest BCUT2D eigenvalue weighted by Crippen LogP contribution is -2.42. The average molecular weight is 535 g/mol. The van der Waals surface area contributed by atoms with Gasteiger partial charge in [-0.25, -0.2) is 13.9 Å². The Kier molecular flexibility index (Phi) is 7.97. The second-order valence-corrected chi connectivity index (χ2v) is 9.50. The van der Waals surface area contributed by atoms with Crippen LogP contribution in [0.4, 0.5) is 15.0 Å². The van der Waals surface area contributed by atoms with Crippen molar-refractivity contribution in [3.63, 3.8) is 0 Å². The number of halogens is 2. The van der Waals surface area contributed by atoms with Crippen LogP contribution in [0.15, 0.2) is 79.1 Å². The molecule has 2 aromatic heterocycles. The van der Waals surface area contributed by atoms with E-state index in [0.29, 0.717) is 42.8 Å². The Labute approximate surface area is 225 Å². The minimum absolute atomic E-state index is 0.143. The van der Waals surface area contributed by atoms with Gasteiger partial charge in [-0.3, -0.25) is 15.2 Å². The summed E-state index contributed by atoms with van der Waals surface area (Å²) in [6.45, 7) is 2.48. The minimum atomic E-state index is -0.434. The van der Waals surface area contributed by atoms with E-state index in [9.17, 15) is 9.18 Å². The molecule has 38 heavy (non-hydrogen) atoms. The number of urea groups is 1. The molecule has 2 amide bonds. The van der Waals surface area contributed by atoms with E-state index in [0.717, 1.165) is 16.8 Å². The molecule has 196 valence electrons. The molecule has 0 radical (unpaired) electrons. The number of ether oxygens (including phenoxy) is 1. The summed E-state index contributed by atoms with van der Waals surface area (Å²) < 4.78 is 20.8. The van der Waals surface area contributed by atoms with E-state index in [4.69, 9.17) is 21.4 Å². The van der Waals surface area contributed by atoms with Crippen LogP contribution in [0.5, 0.6) is 0 Å². The lowest BCUT2D eigenvalue weighted by Gasteiger charge is -2.20. The van der Waals surface area contributed by atoms with Gasteiger partial charge in [0.1, 0.15) is 16.5 Å². The fourth-order valence-electron chi connectivity index (χ4n) is 4.76. The maximum Gasteiger partial charge on any atom is 0.320 e. The van der Waals surface area contributed by atoms with Crippen LogP contribution in [0.25, 0.3) is 16.9 Å². The third kappa shape index (κ3) is 5.70. The molecule has 10 heteroatoms. The van der Waals surface area contributed by atoms with Crippen molar-refractivity contribution in [2.45, 2.75) is 12.0 Å². The van der Waals surface area contributed by atoms with Gasteiger partial charge < -0.3 is 10.1 Å². The molecule has 0 bridgehead atoms. The number of benzene rings is 2. The number of nitrogens with one attached hydrogen (secondary N) is 2. The molecule has 1 saturated heterocycles. The first-order valence-electron chi connectivity index (χ1n) is 12.3. The van der Waals surface area contributed by atoms with Crippen LogP contribution in [0.1, 0.15) is 11.5 Å². The summed E-state index contributed by atoms with van der Waals surface area (Å²) in [4.78, 5) is 19.5. The van der Waals surface area contributed by atoms with Crippen LogP contribution >= 0.6 is 11.6 Å². The highest BCUT2D eigenvalue weighted by Crippen LogP contribution is 2.35. The van der Waals surface area contributed by atoms with Crippen molar-refractivity contribution >= 4 is 23.4 Å². The van der Waals surface area contributed by atoms with E-state index in [1.54, 1.807) is 18.0 Å². The van der Waals surface area contributed by atoms with Gasteiger partial charge in [-0.2, -0.15) is 5.10 Å². The van der Waals surface area contributed by atoms with Gasteiger partial charge in [-0.05, 0) is 23.8 Å². The van der Waals surface area contributed by atoms with E-state index in [1.807, 2.05) is 60.7 Å². The van der Waals surface area contributed by atoms with Crippen LogP contribution < -0.4 is 10.6 Å². The number of anilines is 1. The van der Waals surface area contributed by atoms with E-state index in [1.165, 1.54) is 12.3 Å². The van der Waals surface area contributed by atoms with Gasteiger partial charge in [0.2, 0.25) is 0 Å². The summed E-state index contributed by atoms with van der Waals surface area (Å²) in [5, 5.41) is 11.0. The fraction of sp³-hybridized carbons (Fsp3) is 0.250. The number of methoxy groups -OCH3 is 1. The number of amides is 2. The molecule has 4 aromatic rings. The quantitative estimate of drug-likeness (QED) is 0.334. The summed E-state index contributed by atoms with van der Waals surface area (Å²) in [5.41, 5.74) is 2.87. The molecule has 0 saturated carbocycles. The molecule has 3 heterocycles. The normalized spacial score (nSPS) is 17.4. The summed E-state index contributed by atoms with van der Waals surface area (Å²) in [5.74, 6) is -0.198. The van der Waals surface area contributed by atoms with Crippen LogP contribution in [-0.2, 0) is 4.74 Å². The minimum Gasteiger partial charge on any atom is -0.383 e. The lowest BCUT2D eigenvalue weighted by molar-refractivity contribution is 0.159. The molecule has 2 atom stereocenters. The van der Waals surface area contributed by atoms with Crippen LogP contribution in [0.2, 0.25) is 5.02 Å². The highest BCUT2D eigenvalue weighted by atomic mass is 35.5. The Bertz CT molecular complexity index is 1380. The molecule has 0 aliphatic carbocycles. The molecule has 1 aliphatic heterocycles. The maximum absolute atomic E-state index is 14.0. The zero-order valence-corrected chi connectivity index (χ0v) is 21.6. The smallest absolute Gasteiger partial charge is 0.320 e. The van der Waals surface area contributed by atoms with Crippen LogP contribution in [-0.4, -0.2) is 65.1 Å². The summed E-state index contributed by atoms with van der Waals surface area (Å²) in [7, 11) is 1.65. The Hall–Kier alpha value is -3.79. The average Bonchev–Trinajstić information content (AvgIpc) is 3.49. The molecular formula is C28H28ClFN6O2. The van der Waals surface area contributed by atoms with E-state index < -0.39 is 11.8 Å². The van der Waals surface area contributed by atoms with Crippen molar-refractivity contribution in [2.24, 2.45) is 0 Å². The number of carbonyl (C=O) groups excluding carboxylic acids is 1. The number of nitrogens with zero attached hydrogens (tertiary/aromatic N) is 4. The Morgan fingerprint density at radius 1 is 1.11 bits per heavy atom. The second kappa shape index (κ2) is 11.7. The Balaban J connectivity index is 1.41. The monoisotopic (exact) mass is 534 g/mol. The molecule has 2 aromatic carbocycles. The van der Waals surface area contributed by atoms with Gasteiger partial charge in [0.15, 0.2) is 5.82 Å². The number of carbonyl (C=O) groups is 1. The second-order valence-electron chi connectivity index (χ2n) is 9.12. The molecule has 5 rings (SSSR count). The van der Waals surface area contributed by atoms with Crippen LogP contribution in [0.3, 0.4) is 0 Å². The predicted octanol–water partition coefficient (Wildman–Crippen LogP) is 4.96. The molecule has 8 nitrogen and oxygen atoms in total. The Morgan fingerprint density at radius 2 is 1.84 bits per heavy atom. The standard InChI is InChI=1S/C28H28ClFN6O2/c1-38-13-12-35-17-23(20-14-21(30)16-31-15-20)24(18-35)32-28(37)33-27-25(29)26(19-8-4-2-5-9-19)34-36(27)22-10-6-3-7-11-22/h2-11,14-16,23-24H,12-13,17-18H2,1H3,(H2,32,33,37)/t23-,24+/m1/s1. The largest absolute Gasteiger partial charge is 0.383 e. The zero-order valence-electron chi connectivity index (χ0n) is 20.8. The van der Waals surface area contributed by atoms with E-state index in [-0.39, 0.29) is 12.0 Å². The van der Waals surface area contributed by atoms with Gasteiger partial charge >= 0.3 is 6.03 Å². The highest BCUT2D eigenvalue weighted by molar-refractivity contribution is 6.36. The first-order valence-corrected chi connectivity index (χ1v) is 12.7. The fourth-order valence-corrected chi connectivity index (χ4v) is 5.03. The number of pyridine rings is 1. The summed E-state index contributed by atoms with van der Waals surface area (Å²) in [6.07, 6.45) is 2.82. The van der Waals surface area contributed by atoms with Gasteiger partial charge in [0, 0.05) is 44.4 Å². The van der Waals surface area contributed by atoms with Gasteiger partial charge in [0.25, 0.3) is 0 Å². The van der Waals surface area contributed by atoms with Crippen molar-refractivity contribution in [1.82, 2.24) is 25.0 Å². The number of aromatic nitrogens is 3. The molecule has 0 spiro atoms. The highest BCUT2D eigenvalue weighted by Gasteiger charge is 2.35. The summed E-state index contributed by atoms with van der Waals surface area (Å²) >= 11 is 6.80. The van der Waals surface area contributed by atoms with Gasteiger partial charge in [-0.1, -0.05) is 60.1 Å². The molecule has 1 aliphatic rings. The number of likely N-dealkylation sites (tertiary alicyclic amines) is 1. The van der Waals surface area contributed by atoms with E-state index >= 15 is 0 Å². The SMILES string of the molecule is COCCN1C[C@H](NC(=O)Nc2c(Cl)c(-c3ccccc3)nn2-c2ccccc2)[C@@H](c2cncc(F)c2)C1. The Morgan fingerprint density at radius 3 is 2.55 bits per heavy atom. The van der Waals surface area contributed by atoms with Crippen molar-refractivity contribution in [3.05, 3.63) is 95.5 Å². The number of para-hydroxylation sites is 1. The molecule has 0 unspecified atom stereocenters. The predicted molar refractivity (Wildman–Crippen MR) is 145 cm³/mol. The van der Waals surface area contributed by atoms with Crippen molar-refractivity contribution in [3.8, 4) is 16.9 Å². The van der Waals surface area contributed by atoms with E-state index in [2.05, 4.69) is 20.5 Å². The van der Waals surface area contributed by atoms with Crippen molar-refractivity contribution in [2.75, 3.05) is 38.7 Å². The number of hydrogen-bond donors (Lipinski definition) is 2. The van der Waals surface area contributed by atoms with Crippen molar-refractivity contribution in [1.29, 1.82) is 0 Å². The zero-order chi connectivity index (χ0) is 26.5. The molecular weight excluding hydrogens is 507 g/mol. The number of hydrogen-bond acceptors (Lipinski definition) is 5. The first kappa shape index (κ1) is 25.8. The lowest BCUT2D eigenvalue weighted by atomic mass is 9.96. The number of rotatable bonds is 8.